The smallest absolute Gasteiger partial charge is 0.234 e. The summed E-state index contributed by atoms with van der Waals surface area (Å²) in [7, 11) is 0. The van der Waals surface area contributed by atoms with Gasteiger partial charge in [0.2, 0.25) is 11.8 Å². The van der Waals surface area contributed by atoms with Gasteiger partial charge in [-0.2, -0.15) is 5.10 Å². The van der Waals surface area contributed by atoms with Crippen LogP contribution in [0.2, 0.25) is 0 Å². The van der Waals surface area contributed by atoms with Crippen molar-refractivity contribution in [1.82, 2.24) is 15.5 Å². The molecule has 2 aromatic rings. The number of aromatic nitrogens is 2. The maximum atomic E-state index is 11.8. The molecule has 3 rings (SSSR count). The van der Waals surface area contributed by atoms with E-state index >= 15 is 0 Å². The standard InChI is InChI=1S/C14H11N3O3/c18-7-12-10-2-1-8(5-9(10)6-15-17-12)11-3-4-13(19)16-14(11)20/h1-2,5-7,11H,3-4H2,(H,16,19,20). The molecule has 1 atom stereocenters. The summed E-state index contributed by atoms with van der Waals surface area (Å²) in [5.41, 5.74) is 1.09. The van der Waals surface area contributed by atoms with Gasteiger partial charge in [0.15, 0.2) is 6.29 Å². The first-order valence-corrected chi connectivity index (χ1v) is 6.23. The molecule has 0 aliphatic carbocycles. The number of amides is 2. The fourth-order valence-electron chi connectivity index (χ4n) is 2.44. The fraction of sp³-hybridized carbons (Fsp3) is 0.214. The number of carbonyl (C=O) groups excluding carboxylic acids is 3. The largest absolute Gasteiger partial charge is 0.296 e. The molecule has 1 unspecified atom stereocenters. The SMILES string of the molecule is O=Cc1nncc2cc(C3CCC(=O)NC3=O)ccc12. The topological polar surface area (TPSA) is 89.0 Å². The Labute approximate surface area is 114 Å². The van der Waals surface area contributed by atoms with Gasteiger partial charge < -0.3 is 0 Å². The van der Waals surface area contributed by atoms with E-state index in [1.807, 2.05) is 6.07 Å². The molecule has 6 heteroatoms. The van der Waals surface area contributed by atoms with Crippen LogP contribution in [0.25, 0.3) is 10.8 Å². The summed E-state index contributed by atoms with van der Waals surface area (Å²) in [6, 6.07) is 5.36. The number of rotatable bonds is 2. The Morgan fingerprint density at radius 2 is 2.15 bits per heavy atom. The van der Waals surface area contributed by atoms with Gasteiger partial charge in [-0.1, -0.05) is 12.1 Å². The van der Waals surface area contributed by atoms with Crippen LogP contribution in [0, 0.1) is 0 Å². The van der Waals surface area contributed by atoms with E-state index in [1.54, 1.807) is 18.3 Å². The third-order valence-corrected chi connectivity index (χ3v) is 3.47. The summed E-state index contributed by atoms with van der Waals surface area (Å²) < 4.78 is 0. The molecule has 1 fully saturated rings. The summed E-state index contributed by atoms with van der Waals surface area (Å²) in [5.74, 6) is -0.857. The van der Waals surface area contributed by atoms with E-state index in [2.05, 4.69) is 15.5 Å². The number of aldehydes is 1. The summed E-state index contributed by atoms with van der Waals surface area (Å²) in [4.78, 5) is 33.9. The molecule has 6 nitrogen and oxygen atoms in total. The minimum absolute atomic E-state index is 0.235. The zero-order valence-electron chi connectivity index (χ0n) is 10.5. The highest BCUT2D eigenvalue weighted by molar-refractivity contribution is 6.02. The van der Waals surface area contributed by atoms with Gasteiger partial charge in [0.05, 0.1) is 12.1 Å². The molecular weight excluding hydrogens is 258 g/mol. The molecule has 1 aliphatic heterocycles. The van der Waals surface area contributed by atoms with Crippen LogP contribution in [0.1, 0.15) is 34.8 Å². The van der Waals surface area contributed by atoms with Crippen molar-refractivity contribution in [2.24, 2.45) is 0 Å². The van der Waals surface area contributed by atoms with E-state index in [4.69, 9.17) is 0 Å². The van der Waals surface area contributed by atoms with Crippen LogP contribution in [0.5, 0.6) is 0 Å². The second-order valence-corrected chi connectivity index (χ2v) is 4.70. The quantitative estimate of drug-likeness (QED) is 0.648. The lowest BCUT2D eigenvalue weighted by atomic mass is 9.89. The van der Waals surface area contributed by atoms with Crippen LogP contribution in [0.3, 0.4) is 0 Å². The van der Waals surface area contributed by atoms with Crippen LogP contribution < -0.4 is 5.32 Å². The number of hydrogen-bond donors (Lipinski definition) is 1. The summed E-state index contributed by atoms with van der Waals surface area (Å²) in [6.45, 7) is 0. The monoisotopic (exact) mass is 269 g/mol. The van der Waals surface area contributed by atoms with Gasteiger partial charge in [-0.25, -0.2) is 0 Å². The molecule has 1 saturated heterocycles. The number of benzene rings is 1. The van der Waals surface area contributed by atoms with E-state index in [0.29, 0.717) is 24.5 Å². The van der Waals surface area contributed by atoms with Crippen molar-refractivity contribution in [3.63, 3.8) is 0 Å². The normalized spacial score (nSPS) is 18.9. The Morgan fingerprint density at radius 3 is 2.90 bits per heavy atom. The third-order valence-electron chi connectivity index (χ3n) is 3.47. The predicted molar refractivity (Wildman–Crippen MR) is 70.1 cm³/mol. The van der Waals surface area contributed by atoms with Crippen LogP contribution in [-0.4, -0.2) is 28.3 Å². The molecule has 1 aliphatic rings. The Kier molecular flexibility index (Phi) is 2.98. The highest BCUT2D eigenvalue weighted by Crippen LogP contribution is 2.27. The number of imide groups is 1. The van der Waals surface area contributed by atoms with E-state index in [1.165, 1.54) is 0 Å². The van der Waals surface area contributed by atoms with Crippen LogP contribution in [0.15, 0.2) is 24.4 Å². The molecular formula is C14H11N3O3. The van der Waals surface area contributed by atoms with Crippen LogP contribution in [0.4, 0.5) is 0 Å². The van der Waals surface area contributed by atoms with E-state index < -0.39 is 0 Å². The van der Waals surface area contributed by atoms with Crippen molar-refractivity contribution in [2.45, 2.75) is 18.8 Å². The van der Waals surface area contributed by atoms with Crippen molar-refractivity contribution in [1.29, 1.82) is 0 Å². The Balaban J connectivity index is 2.03. The number of piperidine rings is 1. The first-order chi connectivity index (χ1) is 9.69. The Morgan fingerprint density at radius 1 is 1.30 bits per heavy atom. The van der Waals surface area contributed by atoms with Crippen molar-refractivity contribution in [3.8, 4) is 0 Å². The van der Waals surface area contributed by atoms with Gasteiger partial charge in [-0.3, -0.25) is 19.7 Å². The second-order valence-electron chi connectivity index (χ2n) is 4.70. The van der Waals surface area contributed by atoms with Crippen LogP contribution >= 0.6 is 0 Å². The van der Waals surface area contributed by atoms with Crippen molar-refractivity contribution >= 4 is 28.9 Å². The first kappa shape index (κ1) is 12.4. The average Bonchev–Trinajstić information content (AvgIpc) is 2.46. The van der Waals surface area contributed by atoms with E-state index in [0.717, 1.165) is 10.9 Å². The molecule has 1 N–H and O–H groups in total. The molecule has 2 amide bonds. The van der Waals surface area contributed by atoms with Gasteiger partial charge >= 0.3 is 0 Å². The number of fused-ring (bicyclic) bond motifs is 1. The van der Waals surface area contributed by atoms with E-state index in [9.17, 15) is 14.4 Å². The van der Waals surface area contributed by atoms with E-state index in [-0.39, 0.29) is 23.4 Å². The highest BCUT2D eigenvalue weighted by atomic mass is 16.2. The number of carbonyl (C=O) groups is 3. The molecule has 0 saturated carbocycles. The van der Waals surface area contributed by atoms with Gasteiger partial charge in [0.25, 0.3) is 0 Å². The maximum absolute atomic E-state index is 11.8. The lowest BCUT2D eigenvalue weighted by Gasteiger charge is -2.21. The van der Waals surface area contributed by atoms with Crippen molar-refractivity contribution in [3.05, 3.63) is 35.7 Å². The zero-order valence-corrected chi connectivity index (χ0v) is 10.5. The van der Waals surface area contributed by atoms with Gasteiger partial charge in [-0.15, -0.1) is 5.10 Å². The lowest BCUT2D eigenvalue weighted by Crippen LogP contribution is -2.39. The van der Waals surface area contributed by atoms with Crippen LogP contribution in [-0.2, 0) is 9.59 Å². The molecule has 2 heterocycles. The molecule has 20 heavy (non-hydrogen) atoms. The highest BCUT2D eigenvalue weighted by Gasteiger charge is 2.28. The first-order valence-electron chi connectivity index (χ1n) is 6.23. The minimum atomic E-state index is -0.343. The fourth-order valence-corrected chi connectivity index (χ4v) is 2.44. The predicted octanol–water partition coefficient (Wildman–Crippen LogP) is 0.962. The molecule has 100 valence electrons. The summed E-state index contributed by atoms with van der Waals surface area (Å²) in [5, 5.41) is 11.3. The second kappa shape index (κ2) is 4.80. The Bertz CT molecular complexity index is 727. The third kappa shape index (κ3) is 2.05. The average molecular weight is 269 g/mol. The number of nitrogens with one attached hydrogen (secondary N) is 1. The summed E-state index contributed by atoms with van der Waals surface area (Å²) >= 11 is 0. The molecule has 0 radical (unpaired) electrons. The van der Waals surface area contributed by atoms with Gasteiger partial charge in [0.1, 0.15) is 5.69 Å². The molecule has 0 spiro atoms. The van der Waals surface area contributed by atoms with Crippen molar-refractivity contribution in [2.75, 3.05) is 0 Å². The number of hydrogen-bond acceptors (Lipinski definition) is 5. The van der Waals surface area contributed by atoms with Gasteiger partial charge in [-0.05, 0) is 18.1 Å². The minimum Gasteiger partial charge on any atom is -0.296 e. The Hall–Kier alpha value is -2.63. The van der Waals surface area contributed by atoms with Crippen molar-refractivity contribution < 1.29 is 14.4 Å². The lowest BCUT2D eigenvalue weighted by molar-refractivity contribution is -0.134. The van der Waals surface area contributed by atoms with Gasteiger partial charge in [0, 0.05) is 17.2 Å². The molecule has 1 aromatic heterocycles. The molecule has 1 aromatic carbocycles. The number of nitrogens with zero attached hydrogens (tertiary/aromatic N) is 2. The maximum Gasteiger partial charge on any atom is 0.234 e. The zero-order chi connectivity index (χ0) is 14.1. The molecule has 0 bridgehead atoms. The summed E-state index contributed by atoms with van der Waals surface area (Å²) in [6.07, 6.45) is 3.04.